The summed E-state index contributed by atoms with van der Waals surface area (Å²) in [5, 5.41) is 4.67. The van der Waals surface area contributed by atoms with E-state index in [9.17, 15) is 14.4 Å². The van der Waals surface area contributed by atoms with Gasteiger partial charge in [-0.2, -0.15) is 0 Å². The van der Waals surface area contributed by atoms with Crippen LogP contribution >= 0.6 is 0 Å². The molecule has 3 amide bonds. The number of carbonyl (C=O) groups is 3. The Labute approximate surface area is 144 Å². The molecule has 2 aromatic rings. The minimum absolute atomic E-state index is 0.138. The van der Waals surface area contributed by atoms with Crippen LogP contribution in [0.4, 0.5) is 4.79 Å². The van der Waals surface area contributed by atoms with Gasteiger partial charge in [0.1, 0.15) is 11.5 Å². The van der Waals surface area contributed by atoms with Gasteiger partial charge in [-0.15, -0.1) is 0 Å². The zero-order valence-corrected chi connectivity index (χ0v) is 13.5. The molecule has 0 bridgehead atoms. The molecule has 7 nitrogen and oxygen atoms in total. The van der Waals surface area contributed by atoms with Crippen LogP contribution in [-0.4, -0.2) is 24.3 Å². The fourth-order valence-electron chi connectivity index (χ4n) is 2.65. The van der Waals surface area contributed by atoms with Crippen molar-refractivity contribution in [2.45, 2.75) is 25.8 Å². The highest BCUT2D eigenvalue weighted by molar-refractivity contribution is 5.98. The number of Topliss-reactive ketones (excluding diaryl/α,β-unsaturated/α-hetero) is 1. The molecule has 0 fully saturated rings. The van der Waals surface area contributed by atoms with Gasteiger partial charge in [-0.3, -0.25) is 14.9 Å². The zero-order chi connectivity index (χ0) is 17.6. The first-order valence-electron chi connectivity index (χ1n) is 8.01. The summed E-state index contributed by atoms with van der Waals surface area (Å²) in [6.07, 6.45) is 3.72. The van der Waals surface area contributed by atoms with E-state index >= 15 is 0 Å². The van der Waals surface area contributed by atoms with Crippen LogP contribution in [0, 0.1) is 0 Å². The molecule has 25 heavy (non-hydrogen) atoms. The molecule has 0 unspecified atom stereocenters. The van der Waals surface area contributed by atoms with Crippen molar-refractivity contribution in [3.05, 3.63) is 53.5 Å². The predicted octanol–water partition coefficient (Wildman–Crippen LogP) is 2.20. The Kier molecular flexibility index (Phi) is 5.13. The number of rotatable bonds is 5. The Hall–Kier alpha value is -3.09. The van der Waals surface area contributed by atoms with E-state index < -0.39 is 11.9 Å². The van der Waals surface area contributed by atoms with Gasteiger partial charge >= 0.3 is 6.03 Å². The lowest BCUT2D eigenvalue weighted by molar-refractivity contribution is -0.122. The summed E-state index contributed by atoms with van der Waals surface area (Å²) in [5.74, 6) is 0.659. The average Bonchev–Trinajstić information content (AvgIpc) is 3.12. The summed E-state index contributed by atoms with van der Waals surface area (Å²) in [4.78, 5) is 35.1. The number of hydrogen-bond acceptors (Lipinski definition) is 5. The number of hydrogen-bond donors (Lipinski definition) is 2. The van der Waals surface area contributed by atoms with Crippen molar-refractivity contribution in [2.75, 3.05) is 6.61 Å². The molecule has 2 N–H and O–H groups in total. The maximum Gasteiger partial charge on any atom is 0.321 e. The van der Waals surface area contributed by atoms with Crippen LogP contribution in [0.15, 0.2) is 41.0 Å². The monoisotopic (exact) mass is 342 g/mol. The van der Waals surface area contributed by atoms with Gasteiger partial charge in [0.25, 0.3) is 5.91 Å². The number of urea groups is 1. The quantitative estimate of drug-likeness (QED) is 0.868. The van der Waals surface area contributed by atoms with Gasteiger partial charge in [0.05, 0.1) is 12.8 Å². The van der Waals surface area contributed by atoms with Crippen molar-refractivity contribution in [1.82, 2.24) is 10.6 Å². The fraction of sp³-hybridized carbons (Fsp3) is 0.278. The molecule has 130 valence electrons. The van der Waals surface area contributed by atoms with Crippen molar-refractivity contribution in [3.8, 4) is 5.75 Å². The molecular weight excluding hydrogens is 324 g/mol. The standard InChI is InChI=1S/C18H18N2O5/c21-16-5-1-3-12-9-13(6-7-15(12)16)25-11-17(22)20-18(23)19-10-14-4-2-8-24-14/h2,4,6-9H,1,3,5,10-11H2,(H2,19,20,22,23). The summed E-state index contributed by atoms with van der Waals surface area (Å²) in [7, 11) is 0. The molecule has 3 rings (SSSR count). The average molecular weight is 342 g/mol. The summed E-state index contributed by atoms with van der Waals surface area (Å²) in [6.45, 7) is -0.104. The summed E-state index contributed by atoms with van der Waals surface area (Å²) >= 11 is 0. The van der Waals surface area contributed by atoms with Gasteiger partial charge in [0, 0.05) is 12.0 Å². The zero-order valence-electron chi connectivity index (χ0n) is 13.5. The third-order valence-electron chi connectivity index (χ3n) is 3.85. The number of amides is 3. The second-order valence-electron chi connectivity index (χ2n) is 5.69. The molecule has 0 spiro atoms. The van der Waals surface area contributed by atoms with Crippen LogP contribution in [0.25, 0.3) is 0 Å². The lowest BCUT2D eigenvalue weighted by atomic mass is 9.91. The molecule has 1 heterocycles. The topological polar surface area (TPSA) is 97.6 Å². The van der Waals surface area contributed by atoms with E-state index in [2.05, 4.69) is 10.6 Å². The molecule has 0 saturated heterocycles. The summed E-state index contributed by atoms with van der Waals surface area (Å²) in [6, 6.07) is 7.95. The molecular formula is C18H18N2O5. The number of benzene rings is 1. The third-order valence-corrected chi connectivity index (χ3v) is 3.85. The Bertz CT molecular complexity index is 783. The number of ether oxygens (including phenoxy) is 1. The molecule has 0 saturated carbocycles. The van der Waals surface area contributed by atoms with Gasteiger partial charge in [0.15, 0.2) is 12.4 Å². The lowest BCUT2D eigenvalue weighted by Crippen LogP contribution is -2.41. The maximum atomic E-state index is 11.8. The third kappa shape index (κ3) is 4.47. The summed E-state index contributed by atoms with van der Waals surface area (Å²) < 4.78 is 10.5. The first-order valence-corrected chi connectivity index (χ1v) is 8.01. The van der Waals surface area contributed by atoms with Gasteiger partial charge in [-0.05, 0) is 48.7 Å². The van der Waals surface area contributed by atoms with Crippen LogP contribution in [-0.2, 0) is 17.8 Å². The van der Waals surface area contributed by atoms with E-state index in [0.717, 1.165) is 24.0 Å². The molecule has 1 aliphatic carbocycles. The number of ketones is 1. The first kappa shape index (κ1) is 16.8. The fourth-order valence-corrected chi connectivity index (χ4v) is 2.65. The highest BCUT2D eigenvalue weighted by Crippen LogP contribution is 2.25. The van der Waals surface area contributed by atoms with E-state index in [0.29, 0.717) is 17.9 Å². The van der Waals surface area contributed by atoms with Gasteiger partial charge in [-0.25, -0.2) is 4.79 Å². The van der Waals surface area contributed by atoms with E-state index in [4.69, 9.17) is 9.15 Å². The molecule has 1 aromatic carbocycles. The highest BCUT2D eigenvalue weighted by Gasteiger charge is 2.17. The molecule has 7 heteroatoms. The van der Waals surface area contributed by atoms with Crippen LogP contribution in [0.1, 0.15) is 34.5 Å². The van der Waals surface area contributed by atoms with Crippen molar-refractivity contribution >= 4 is 17.7 Å². The van der Waals surface area contributed by atoms with Crippen LogP contribution < -0.4 is 15.4 Å². The highest BCUT2D eigenvalue weighted by atomic mass is 16.5. The Morgan fingerprint density at radius 1 is 1.20 bits per heavy atom. The minimum Gasteiger partial charge on any atom is -0.484 e. The van der Waals surface area contributed by atoms with Gasteiger partial charge < -0.3 is 14.5 Å². The van der Waals surface area contributed by atoms with Crippen LogP contribution in [0.2, 0.25) is 0 Å². The Morgan fingerprint density at radius 2 is 2.08 bits per heavy atom. The molecule has 0 atom stereocenters. The van der Waals surface area contributed by atoms with E-state index in [-0.39, 0.29) is 18.9 Å². The SMILES string of the molecule is O=C(COc1ccc2c(c1)CCCC2=O)NC(=O)NCc1ccco1. The predicted molar refractivity (Wildman–Crippen MR) is 88.3 cm³/mol. The number of furan rings is 1. The smallest absolute Gasteiger partial charge is 0.321 e. The Balaban J connectivity index is 1.45. The van der Waals surface area contributed by atoms with E-state index in [1.165, 1.54) is 6.26 Å². The summed E-state index contributed by atoms with van der Waals surface area (Å²) in [5.41, 5.74) is 1.66. The second kappa shape index (κ2) is 7.65. The van der Waals surface area contributed by atoms with Gasteiger partial charge in [0.2, 0.25) is 0 Å². The first-order chi connectivity index (χ1) is 12.1. The number of imide groups is 1. The van der Waals surface area contributed by atoms with Crippen molar-refractivity contribution in [3.63, 3.8) is 0 Å². The van der Waals surface area contributed by atoms with E-state index in [1.54, 1.807) is 30.3 Å². The van der Waals surface area contributed by atoms with Crippen molar-refractivity contribution in [1.29, 1.82) is 0 Å². The molecule has 0 aliphatic heterocycles. The Morgan fingerprint density at radius 3 is 2.88 bits per heavy atom. The van der Waals surface area contributed by atoms with Crippen LogP contribution in [0.5, 0.6) is 5.75 Å². The van der Waals surface area contributed by atoms with Crippen molar-refractivity contribution < 1.29 is 23.5 Å². The number of fused-ring (bicyclic) bond motifs is 1. The molecule has 0 radical (unpaired) electrons. The van der Waals surface area contributed by atoms with E-state index in [1.807, 2.05) is 0 Å². The minimum atomic E-state index is -0.624. The largest absolute Gasteiger partial charge is 0.484 e. The number of carbonyl (C=O) groups excluding carboxylic acids is 3. The molecule has 1 aromatic heterocycles. The van der Waals surface area contributed by atoms with Crippen molar-refractivity contribution in [2.24, 2.45) is 0 Å². The second-order valence-corrected chi connectivity index (χ2v) is 5.69. The normalized spacial score (nSPS) is 13.0. The van der Waals surface area contributed by atoms with Gasteiger partial charge in [-0.1, -0.05) is 0 Å². The van der Waals surface area contributed by atoms with Crippen LogP contribution in [0.3, 0.4) is 0 Å². The number of aryl methyl sites for hydroxylation is 1. The molecule has 1 aliphatic rings. The lowest BCUT2D eigenvalue weighted by Gasteiger charge is -2.15. The number of nitrogens with one attached hydrogen (secondary N) is 2. The maximum absolute atomic E-state index is 11.8.